The number of nitrogen functional groups attached to an aromatic ring is 1. The Morgan fingerprint density at radius 3 is 2.95 bits per heavy atom. The van der Waals surface area contributed by atoms with Gasteiger partial charge < -0.3 is 14.7 Å². The average Bonchev–Trinajstić information content (AvgIpc) is 2.94. The van der Waals surface area contributed by atoms with Gasteiger partial charge in [0.1, 0.15) is 0 Å². The molecule has 0 aromatic carbocycles. The normalized spacial score (nSPS) is 14.7. The number of rotatable bonds is 5. The second-order valence-corrected chi connectivity index (χ2v) is 5.69. The molecule has 0 atom stereocenters. The minimum Gasteiger partial charge on any atom is -0.459 e. The minimum absolute atomic E-state index is 0.364. The molecule has 4 rings (SSSR count). The molecule has 0 spiro atoms. The molecular weight excluding hydrogens is 292 g/mol. The van der Waals surface area contributed by atoms with Crippen molar-refractivity contribution >= 4 is 11.8 Å². The quantitative estimate of drug-likeness (QED) is 0.561. The summed E-state index contributed by atoms with van der Waals surface area (Å²) < 4.78 is 12.3. The van der Waals surface area contributed by atoms with Crippen LogP contribution >= 0.6 is 11.8 Å². The van der Waals surface area contributed by atoms with E-state index in [-0.39, 0.29) is 0 Å². The fraction of sp³-hybridized carbons (Fsp3) is 0.333. The Morgan fingerprint density at radius 2 is 2.19 bits per heavy atom. The summed E-state index contributed by atoms with van der Waals surface area (Å²) >= 11 is 1.41. The summed E-state index contributed by atoms with van der Waals surface area (Å²) in [5, 5.41) is 16.8. The second-order valence-electron chi connectivity index (χ2n) is 4.75. The highest BCUT2D eigenvalue weighted by molar-refractivity contribution is 7.98. The van der Waals surface area contributed by atoms with Crippen LogP contribution in [-0.4, -0.2) is 25.1 Å². The lowest BCUT2D eigenvalue weighted by atomic mass is 10.4. The van der Waals surface area contributed by atoms with Crippen molar-refractivity contribution in [2.24, 2.45) is 0 Å². The summed E-state index contributed by atoms with van der Waals surface area (Å²) in [7, 11) is 0. The lowest BCUT2D eigenvalue weighted by Gasteiger charge is -2.00. The molecule has 9 heteroatoms. The lowest BCUT2D eigenvalue weighted by molar-refractivity contribution is 0.494. The van der Waals surface area contributed by atoms with E-state index in [4.69, 9.17) is 14.7 Å². The first-order valence-corrected chi connectivity index (χ1v) is 7.49. The Morgan fingerprint density at radius 1 is 1.29 bits per heavy atom. The highest BCUT2D eigenvalue weighted by Crippen LogP contribution is 2.39. The lowest BCUT2D eigenvalue weighted by Crippen LogP contribution is -2.13. The van der Waals surface area contributed by atoms with Gasteiger partial charge in [-0.25, -0.2) is 4.68 Å². The van der Waals surface area contributed by atoms with E-state index in [9.17, 15) is 0 Å². The predicted octanol–water partition coefficient (Wildman–Crippen LogP) is 1.80. The van der Waals surface area contributed by atoms with Crippen LogP contribution < -0.4 is 5.84 Å². The second kappa shape index (κ2) is 4.92. The SMILES string of the molecule is Nn1c(SCc2nnc(-c3ccco3)o2)nnc1C1CC1. The molecule has 1 fully saturated rings. The Bertz CT molecular complexity index is 746. The zero-order chi connectivity index (χ0) is 14.2. The highest BCUT2D eigenvalue weighted by Gasteiger charge is 2.30. The van der Waals surface area contributed by atoms with Crippen molar-refractivity contribution in [3.8, 4) is 11.7 Å². The van der Waals surface area contributed by atoms with Crippen LogP contribution in [0.4, 0.5) is 0 Å². The maximum Gasteiger partial charge on any atom is 0.283 e. The molecule has 2 N–H and O–H groups in total. The molecule has 108 valence electrons. The minimum atomic E-state index is 0.364. The molecule has 0 radical (unpaired) electrons. The summed E-state index contributed by atoms with van der Waals surface area (Å²) in [4.78, 5) is 0. The Hall–Kier alpha value is -2.29. The zero-order valence-corrected chi connectivity index (χ0v) is 11.8. The zero-order valence-electron chi connectivity index (χ0n) is 11.0. The van der Waals surface area contributed by atoms with Gasteiger partial charge in [0.05, 0.1) is 12.0 Å². The van der Waals surface area contributed by atoms with Crippen molar-refractivity contribution in [1.29, 1.82) is 0 Å². The van der Waals surface area contributed by atoms with E-state index in [1.807, 2.05) is 0 Å². The molecule has 0 unspecified atom stereocenters. The average molecular weight is 304 g/mol. The molecule has 3 aromatic rings. The van der Waals surface area contributed by atoms with Crippen LogP contribution in [0.2, 0.25) is 0 Å². The van der Waals surface area contributed by atoms with Crippen molar-refractivity contribution in [1.82, 2.24) is 25.1 Å². The van der Waals surface area contributed by atoms with Gasteiger partial charge in [0.15, 0.2) is 11.6 Å². The standard InChI is InChI=1S/C12H12N6O2S/c13-18-10(7-3-4-7)15-17-12(18)21-6-9-14-16-11(20-9)8-2-1-5-19-8/h1-2,5,7H,3-4,6,13H2. The topological polar surface area (TPSA) is 109 Å². The molecule has 1 aliphatic carbocycles. The van der Waals surface area contributed by atoms with Gasteiger partial charge in [-0.1, -0.05) is 11.8 Å². The van der Waals surface area contributed by atoms with E-state index in [0.717, 1.165) is 18.7 Å². The van der Waals surface area contributed by atoms with Crippen molar-refractivity contribution < 1.29 is 8.83 Å². The van der Waals surface area contributed by atoms with Gasteiger partial charge in [-0.2, -0.15) is 0 Å². The molecule has 0 saturated heterocycles. The number of nitrogens with two attached hydrogens (primary N) is 1. The van der Waals surface area contributed by atoms with Crippen LogP contribution in [0.5, 0.6) is 0 Å². The van der Waals surface area contributed by atoms with Crippen LogP contribution in [0.25, 0.3) is 11.7 Å². The molecule has 1 aliphatic rings. The summed E-state index contributed by atoms with van der Waals surface area (Å²) in [6.45, 7) is 0. The predicted molar refractivity (Wildman–Crippen MR) is 73.7 cm³/mol. The van der Waals surface area contributed by atoms with E-state index >= 15 is 0 Å². The van der Waals surface area contributed by atoms with Crippen molar-refractivity contribution in [2.45, 2.75) is 29.7 Å². The van der Waals surface area contributed by atoms with Crippen LogP contribution in [0.15, 0.2) is 32.4 Å². The van der Waals surface area contributed by atoms with Crippen LogP contribution in [-0.2, 0) is 5.75 Å². The van der Waals surface area contributed by atoms with Gasteiger partial charge in [-0.15, -0.1) is 20.4 Å². The van der Waals surface area contributed by atoms with Gasteiger partial charge >= 0.3 is 0 Å². The molecule has 8 nitrogen and oxygen atoms in total. The first-order chi connectivity index (χ1) is 10.3. The first-order valence-electron chi connectivity index (χ1n) is 6.50. The third-order valence-electron chi connectivity index (χ3n) is 3.16. The third kappa shape index (κ3) is 2.40. The van der Waals surface area contributed by atoms with E-state index in [1.165, 1.54) is 11.8 Å². The third-order valence-corrected chi connectivity index (χ3v) is 4.08. The summed E-state index contributed by atoms with van der Waals surface area (Å²) in [6, 6.07) is 3.53. The highest BCUT2D eigenvalue weighted by atomic mass is 32.2. The van der Waals surface area contributed by atoms with Gasteiger partial charge in [0.2, 0.25) is 11.0 Å². The molecule has 0 amide bonds. The van der Waals surface area contributed by atoms with Crippen LogP contribution in [0.1, 0.15) is 30.5 Å². The smallest absolute Gasteiger partial charge is 0.283 e. The van der Waals surface area contributed by atoms with Gasteiger partial charge in [-0.3, -0.25) is 0 Å². The Kier molecular flexibility index (Phi) is 2.92. The van der Waals surface area contributed by atoms with Crippen molar-refractivity contribution in [2.75, 3.05) is 5.84 Å². The fourth-order valence-corrected chi connectivity index (χ4v) is 2.65. The molecule has 3 aromatic heterocycles. The molecule has 1 saturated carbocycles. The van der Waals surface area contributed by atoms with E-state index in [0.29, 0.717) is 34.4 Å². The van der Waals surface area contributed by atoms with Gasteiger partial charge in [-0.05, 0) is 25.0 Å². The Labute approximate surface area is 123 Å². The molecular formula is C12H12N6O2S. The maximum atomic E-state index is 5.98. The molecule has 0 aliphatic heterocycles. The number of nitrogens with zero attached hydrogens (tertiary/aromatic N) is 5. The van der Waals surface area contributed by atoms with E-state index in [2.05, 4.69) is 20.4 Å². The largest absolute Gasteiger partial charge is 0.459 e. The van der Waals surface area contributed by atoms with Crippen molar-refractivity contribution in [3.63, 3.8) is 0 Å². The number of aromatic nitrogens is 5. The fourth-order valence-electron chi connectivity index (χ4n) is 1.94. The number of furan rings is 1. The summed E-state index contributed by atoms with van der Waals surface area (Å²) in [6.07, 6.45) is 3.83. The van der Waals surface area contributed by atoms with Crippen LogP contribution in [0, 0.1) is 0 Å². The van der Waals surface area contributed by atoms with Gasteiger partial charge in [0, 0.05) is 5.92 Å². The molecule has 3 heterocycles. The maximum absolute atomic E-state index is 5.98. The monoisotopic (exact) mass is 304 g/mol. The number of hydrogen-bond donors (Lipinski definition) is 1. The molecule has 21 heavy (non-hydrogen) atoms. The number of hydrogen-bond acceptors (Lipinski definition) is 8. The van der Waals surface area contributed by atoms with Gasteiger partial charge in [0.25, 0.3) is 5.89 Å². The first kappa shape index (κ1) is 12.5. The van der Waals surface area contributed by atoms with E-state index < -0.39 is 0 Å². The summed E-state index contributed by atoms with van der Waals surface area (Å²) in [5.41, 5.74) is 0. The van der Waals surface area contributed by atoms with Crippen molar-refractivity contribution in [3.05, 3.63) is 30.1 Å². The van der Waals surface area contributed by atoms with E-state index in [1.54, 1.807) is 23.1 Å². The van der Waals surface area contributed by atoms with Crippen LogP contribution in [0.3, 0.4) is 0 Å². The number of thioether (sulfide) groups is 1. The summed E-state index contributed by atoms with van der Waals surface area (Å²) in [5.74, 6) is 9.18. The Balaban J connectivity index is 1.45. The molecule has 0 bridgehead atoms.